The van der Waals surface area contributed by atoms with Gasteiger partial charge >= 0.3 is 0 Å². The van der Waals surface area contributed by atoms with E-state index in [1.165, 1.54) is 24.2 Å². The Labute approximate surface area is 99.4 Å². The van der Waals surface area contributed by atoms with Crippen molar-refractivity contribution in [2.45, 2.75) is 31.5 Å². The van der Waals surface area contributed by atoms with Crippen LogP contribution in [0.5, 0.6) is 0 Å². The molecule has 0 amide bonds. The predicted octanol–water partition coefficient (Wildman–Crippen LogP) is 1.13. The van der Waals surface area contributed by atoms with Crippen LogP contribution in [0.1, 0.15) is 18.5 Å². The molecule has 0 radical (unpaired) electrons. The summed E-state index contributed by atoms with van der Waals surface area (Å²) in [6, 6.07) is 0. The second-order valence-electron chi connectivity index (χ2n) is 4.64. The molecule has 2 saturated heterocycles. The lowest BCUT2D eigenvalue weighted by molar-refractivity contribution is -0.0378. The molecule has 5 heteroatoms. The summed E-state index contributed by atoms with van der Waals surface area (Å²) in [6.07, 6.45) is 4.46. The van der Waals surface area contributed by atoms with Gasteiger partial charge in [-0.15, -0.1) is 11.3 Å². The standard InChI is InChI=1S/C11H17N3OS/c12-11-13-8(7-16-11)3-4-14-5-9-1-2-10(6-14)15-9/h7,9-10H,1-6H2,(H2,12,13). The number of morpholine rings is 1. The Hall–Kier alpha value is -0.650. The van der Waals surface area contributed by atoms with Gasteiger partial charge in [0.25, 0.3) is 0 Å². The van der Waals surface area contributed by atoms with Crippen molar-refractivity contribution < 1.29 is 4.74 Å². The zero-order chi connectivity index (χ0) is 11.0. The maximum atomic E-state index is 5.81. The van der Waals surface area contributed by atoms with E-state index in [0.29, 0.717) is 17.3 Å². The van der Waals surface area contributed by atoms with Crippen molar-refractivity contribution in [1.29, 1.82) is 0 Å². The van der Waals surface area contributed by atoms with Gasteiger partial charge in [-0.05, 0) is 12.8 Å². The minimum Gasteiger partial charge on any atom is -0.375 e. The molecule has 0 aliphatic carbocycles. The lowest BCUT2D eigenvalue weighted by Crippen LogP contribution is -2.43. The van der Waals surface area contributed by atoms with E-state index < -0.39 is 0 Å². The molecule has 16 heavy (non-hydrogen) atoms. The summed E-state index contributed by atoms with van der Waals surface area (Å²) in [4.78, 5) is 6.79. The number of nitrogens with zero attached hydrogens (tertiary/aromatic N) is 2. The Bertz CT molecular complexity index is 356. The molecule has 0 saturated carbocycles. The highest BCUT2D eigenvalue weighted by Crippen LogP contribution is 2.26. The molecule has 2 aliphatic rings. The fourth-order valence-corrected chi connectivity index (χ4v) is 3.19. The first-order chi connectivity index (χ1) is 7.79. The van der Waals surface area contributed by atoms with Crippen LogP contribution in [-0.2, 0) is 11.2 Å². The van der Waals surface area contributed by atoms with Crippen LogP contribution in [0.3, 0.4) is 0 Å². The van der Waals surface area contributed by atoms with Crippen molar-refractivity contribution in [1.82, 2.24) is 9.88 Å². The molecule has 4 nitrogen and oxygen atoms in total. The normalized spacial score (nSPS) is 29.8. The van der Waals surface area contributed by atoms with E-state index in [1.54, 1.807) is 0 Å². The number of nitrogen functional groups attached to an aromatic ring is 1. The molecule has 2 unspecified atom stereocenters. The molecule has 88 valence electrons. The van der Waals surface area contributed by atoms with Crippen LogP contribution in [0.2, 0.25) is 0 Å². The second kappa shape index (κ2) is 4.31. The van der Waals surface area contributed by atoms with Gasteiger partial charge in [-0.2, -0.15) is 0 Å². The Morgan fingerprint density at radius 1 is 1.44 bits per heavy atom. The number of likely N-dealkylation sites (tertiary alicyclic amines) is 1. The predicted molar refractivity (Wildman–Crippen MR) is 64.6 cm³/mol. The molecular weight excluding hydrogens is 222 g/mol. The van der Waals surface area contributed by atoms with Crippen LogP contribution in [-0.4, -0.2) is 41.7 Å². The minimum atomic E-state index is 0.485. The number of rotatable bonds is 3. The van der Waals surface area contributed by atoms with Gasteiger partial charge in [0.2, 0.25) is 0 Å². The molecule has 1 aromatic heterocycles. The molecule has 2 bridgehead atoms. The van der Waals surface area contributed by atoms with Crippen LogP contribution in [0.4, 0.5) is 5.13 Å². The van der Waals surface area contributed by atoms with Crippen molar-refractivity contribution in [3.05, 3.63) is 11.1 Å². The third kappa shape index (κ3) is 2.21. The van der Waals surface area contributed by atoms with Gasteiger partial charge in [-0.3, -0.25) is 4.90 Å². The van der Waals surface area contributed by atoms with Gasteiger partial charge in [0, 0.05) is 31.4 Å². The van der Waals surface area contributed by atoms with Crippen LogP contribution >= 0.6 is 11.3 Å². The zero-order valence-electron chi connectivity index (χ0n) is 9.26. The number of fused-ring (bicyclic) bond motifs is 2. The van der Waals surface area contributed by atoms with Crippen LogP contribution < -0.4 is 5.73 Å². The molecule has 2 atom stereocenters. The third-order valence-corrected chi connectivity index (χ3v) is 4.10. The molecule has 2 fully saturated rings. The second-order valence-corrected chi connectivity index (χ2v) is 5.53. The van der Waals surface area contributed by atoms with Gasteiger partial charge < -0.3 is 10.5 Å². The first kappa shape index (κ1) is 10.5. The number of aromatic nitrogens is 1. The van der Waals surface area contributed by atoms with E-state index in [9.17, 15) is 0 Å². The Kier molecular flexibility index (Phi) is 2.83. The first-order valence-electron chi connectivity index (χ1n) is 5.87. The average molecular weight is 239 g/mol. The van der Waals surface area contributed by atoms with E-state index in [0.717, 1.165) is 31.7 Å². The highest BCUT2D eigenvalue weighted by Gasteiger charge is 2.33. The average Bonchev–Trinajstić information content (AvgIpc) is 2.83. The first-order valence-corrected chi connectivity index (χ1v) is 6.75. The highest BCUT2D eigenvalue weighted by molar-refractivity contribution is 7.13. The monoisotopic (exact) mass is 239 g/mol. The number of thiazole rings is 1. The molecule has 3 heterocycles. The van der Waals surface area contributed by atoms with E-state index in [2.05, 4.69) is 15.3 Å². The van der Waals surface area contributed by atoms with Gasteiger partial charge in [-0.1, -0.05) is 0 Å². The van der Waals surface area contributed by atoms with Gasteiger partial charge in [0.05, 0.1) is 17.9 Å². The topological polar surface area (TPSA) is 51.4 Å². The fraction of sp³-hybridized carbons (Fsp3) is 0.727. The lowest BCUT2D eigenvalue weighted by atomic mass is 10.2. The zero-order valence-corrected chi connectivity index (χ0v) is 10.1. The molecular formula is C11H17N3OS. The van der Waals surface area contributed by atoms with Gasteiger partial charge in [-0.25, -0.2) is 4.98 Å². The molecule has 0 spiro atoms. The maximum Gasteiger partial charge on any atom is 0.180 e. The van der Waals surface area contributed by atoms with Crippen molar-refractivity contribution in [2.75, 3.05) is 25.4 Å². The van der Waals surface area contributed by atoms with Crippen molar-refractivity contribution in [3.63, 3.8) is 0 Å². The minimum absolute atomic E-state index is 0.485. The van der Waals surface area contributed by atoms with Crippen molar-refractivity contribution in [2.24, 2.45) is 0 Å². The highest BCUT2D eigenvalue weighted by atomic mass is 32.1. The Morgan fingerprint density at radius 2 is 2.19 bits per heavy atom. The van der Waals surface area contributed by atoms with Gasteiger partial charge in [0.1, 0.15) is 0 Å². The number of hydrogen-bond acceptors (Lipinski definition) is 5. The summed E-state index contributed by atoms with van der Waals surface area (Å²) in [7, 11) is 0. The number of ether oxygens (including phenoxy) is 1. The summed E-state index contributed by atoms with van der Waals surface area (Å²) in [5.74, 6) is 0. The fourth-order valence-electron chi connectivity index (χ4n) is 2.59. The summed E-state index contributed by atoms with van der Waals surface area (Å²) < 4.78 is 5.81. The number of nitrogens with two attached hydrogens (primary N) is 1. The van der Waals surface area contributed by atoms with Crippen LogP contribution in [0.25, 0.3) is 0 Å². The Balaban J connectivity index is 1.52. The summed E-state index contributed by atoms with van der Waals surface area (Å²) in [6.45, 7) is 3.27. The molecule has 3 rings (SSSR count). The number of hydrogen-bond donors (Lipinski definition) is 1. The molecule has 2 N–H and O–H groups in total. The molecule has 0 aromatic carbocycles. The quantitative estimate of drug-likeness (QED) is 0.859. The van der Waals surface area contributed by atoms with Gasteiger partial charge in [0.15, 0.2) is 5.13 Å². The van der Waals surface area contributed by atoms with Crippen molar-refractivity contribution >= 4 is 16.5 Å². The van der Waals surface area contributed by atoms with E-state index in [4.69, 9.17) is 10.5 Å². The SMILES string of the molecule is Nc1nc(CCN2CC3CCC(C2)O3)cs1. The van der Waals surface area contributed by atoms with E-state index >= 15 is 0 Å². The molecule has 2 aliphatic heterocycles. The maximum absolute atomic E-state index is 5.81. The Morgan fingerprint density at radius 3 is 2.81 bits per heavy atom. The van der Waals surface area contributed by atoms with E-state index in [-0.39, 0.29) is 0 Å². The lowest BCUT2D eigenvalue weighted by Gasteiger charge is -2.31. The van der Waals surface area contributed by atoms with E-state index in [1.807, 2.05) is 0 Å². The number of anilines is 1. The van der Waals surface area contributed by atoms with Crippen LogP contribution in [0.15, 0.2) is 5.38 Å². The summed E-state index contributed by atoms with van der Waals surface area (Å²) in [5.41, 5.74) is 6.74. The van der Waals surface area contributed by atoms with Crippen LogP contribution in [0, 0.1) is 0 Å². The smallest absolute Gasteiger partial charge is 0.180 e. The molecule has 1 aromatic rings. The summed E-state index contributed by atoms with van der Waals surface area (Å²) >= 11 is 1.53. The van der Waals surface area contributed by atoms with Crippen molar-refractivity contribution in [3.8, 4) is 0 Å². The largest absolute Gasteiger partial charge is 0.375 e. The summed E-state index contributed by atoms with van der Waals surface area (Å²) in [5, 5.41) is 2.74. The third-order valence-electron chi connectivity index (χ3n) is 3.37.